The molecule has 0 aromatic heterocycles. The predicted molar refractivity (Wildman–Crippen MR) is 111 cm³/mol. The predicted octanol–water partition coefficient (Wildman–Crippen LogP) is 5.53. The number of sulfonamides is 1. The molecule has 33 heavy (non-hydrogen) atoms. The number of rotatable bonds is 4. The highest BCUT2D eigenvalue weighted by atomic mass is 79.9. The van der Waals surface area contributed by atoms with Gasteiger partial charge in [0.1, 0.15) is 0 Å². The first-order chi connectivity index (χ1) is 15.2. The topological polar surface area (TPSA) is 66.5 Å². The van der Waals surface area contributed by atoms with Crippen LogP contribution in [0.15, 0.2) is 51.8 Å². The minimum atomic E-state index is -5.05. The van der Waals surface area contributed by atoms with E-state index in [0.717, 1.165) is 4.31 Å². The number of hydrogen-bond donors (Lipinski definition) is 1. The summed E-state index contributed by atoms with van der Waals surface area (Å²) in [4.78, 5) is 12.6. The maximum atomic E-state index is 13.0. The van der Waals surface area contributed by atoms with Crippen molar-refractivity contribution in [2.45, 2.75) is 30.1 Å². The third kappa shape index (κ3) is 6.07. The Labute approximate surface area is 193 Å². The van der Waals surface area contributed by atoms with Crippen molar-refractivity contribution < 1.29 is 39.6 Å². The Kier molecular flexibility index (Phi) is 7.16. The Morgan fingerprint density at radius 3 is 2.03 bits per heavy atom. The van der Waals surface area contributed by atoms with Crippen molar-refractivity contribution in [3.8, 4) is 0 Å². The third-order valence-corrected chi connectivity index (χ3v) is 7.47. The smallest absolute Gasteiger partial charge is 0.326 e. The second-order valence-electron chi connectivity index (χ2n) is 7.44. The maximum Gasteiger partial charge on any atom is 0.416 e. The van der Waals surface area contributed by atoms with Gasteiger partial charge in [-0.15, -0.1) is 0 Å². The Balaban J connectivity index is 1.81. The fourth-order valence-corrected chi connectivity index (χ4v) is 5.19. The van der Waals surface area contributed by atoms with Gasteiger partial charge in [0, 0.05) is 23.2 Å². The lowest BCUT2D eigenvalue weighted by Crippen LogP contribution is -2.43. The molecule has 1 N–H and O–H groups in total. The molecule has 1 saturated heterocycles. The van der Waals surface area contributed by atoms with E-state index in [4.69, 9.17) is 0 Å². The highest BCUT2D eigenvalue weighted by Gasteiger charge is 2.38. The zero-order valence-electron chi connectivity index (χ0n) is 16.7. The van der Waals surface area contributed by atoms with E-state index in [9.17, 15) is 39.6 Å². The van der Waals surface area contributed by atoms with Gasteiger partial charge >= 0.3 is 12.4 Å². The summed E-state index contributed by atoms with van der Waals surface area (Å²) >= 11 is 3.20. The van der Waals surface area contributed by atoms with Crippen LogP contribution in [-0.4, -0.2) is 31.7 Å². The summed E-state index contributed by atoms with van der Waals surface area (Å²) in [5.74, 6) is -1.81. The van der Waals surface area contributed by atoms with Gasteiger partial charge < -0.3 is 5.32 Å². The number of benzene rings is 2. The molecule has 1 heterocycles. The lowest BCUT2D eigenvalue weighted by molar-refractivity contribution is -0.143. The summed E-state index contributed by atoms with van der Waals surface area (Å²) in [5.41, 5.74) is -3.79. The van der Waals surface area contributed by atoms with E-state index in [2.05, 4.69) is 21.2 Å². The highest BCUT2D eigenvalue weighted by molar-refractivity contribution is 9.10. The molecule has 1 aliphatic rings. The van der Waals surface area contributed by atoms with Crippen LogP contribution in [0.2, 0.25) is 0 Å². The van der Waals surface area contributed by atoms with Gasteiger partial charge in [-0.2, -0.15) is 30.6 Å². The standard InChI is InChI=1S/C20H17BrF6N2O3S/c21-15-3-5-17(6-4-15)33(31,32)29-7-1-2-12(11-29)18(30)28-16-9-13(19(22,23)24)8-14(10-16)20(25,26)27/h3-6,8-10,12H,1-2,7,11H2,(H,28,30)/t12-/m1/s1. The van der Waals surface area contributed by atoms with Crippen molar-refractivity contribution in [3.05, 3.63) is 58.1 Å². The molecule has 0 radical (unpaired) electrons. The maximum absolute atomic E-state index is 13.0. The van der Waals surface area contributed by atoms with E-state index in [1.54, 1.807) is 0 Å². The Bertz CT molecular complexity index is 1100. The van der Waals surface area contributed by atoms with E-state index in [1.165, 1.54) is 24.3 Å². The van der Waals surface area contributed by atoms with Gasteiger partial charge in [-0.25, -0.2) is 8.42 Å². The monoisotopic (exact) mass is 558 g/mol. The first kappa shape index (κ1) is 25.5. The molecule has 2 aromatic carbocycles. The second kappa shape index (κ2) is 9.26. The molecule has 13 heteroatoms. The number of halogens is 7. The normalized spacial score (nSPS) is 18.2. The van der Waals surface area contributed by atoms with Crippen LogP contribution in [-0.2, 0) is 27.2 Å². The third-order valence-electron chi connectivity index (χ3n) is 5.06. The fourth-order valence-electron chi connectivity index (χ4n) is 3.40. The van der Waals surface area contributed by atoms with Crippen molar-refractivity contribution >= 4 is 37.5 Å². The van der Waals surface area contributed by atoms with Crippen molar-refractivity contribution in [2.24, 2.45) is 5.92 Å². The van der Waals surface area contributed by atoms with Gasteiger partial charge in [-0.05, 0) is 55.3 Å². The summed E-state index contributed by atoms with van der Waals surface area (Å²) in [6.07, 6.45) is -9.59. The van der Waals surface area contributed by atoms with Crippen LogP contribution in [0.4, 0.5) is 32.0 Å². The quantitative estimate of drug-likeness (QED) is 0.502. The minimum absolute atomic E-state index is 0.000504. The average Bonchev–Trinajstić information content (AvgIpc) is 2.72. The lowest BCUT2D eigenvalue weighted by atomic mass is 9.98. The van der Waals surface area contributed by atoms with E-state index in [-0.39, 0.29) is 30.5 Å². The van der Waals surface area contributed by atoms with Crippen LogP contribution < -0.4 is 5.32 Å². The van der Waals surface area contributed by atoms with Crippen LogP contribution in [0.3, 0.4) is 0 Å². The molecule has 0 bridgehead atoms. The number of hydrogen-bond acceptors (Lipinski definition) is 3. The molecule has 5 nitrogen and oxygen atoms in total. The van der Waals surface area contributed by atoms with Crippen LogP contribution >= 0.6 is 15.9 Å². The minimum Gasteiger partial charge on any atom is -0.326 e. The molecule has 180 valence electrons. The van der Waals surface area contributed by atoms with Crippen molar-refractivity contribution in [3.63, 3.8) is 0 Å². The highest BCUT2D eigenvalue weighted by Crippen LogP contribution is 2.38. The van der Waals surface area contributed by atoms with Gasteiger partial charge in [-0.3, -0.25) is 4.79 Å². The molecule has 0 spiro atoms. The molecule has 1 atom stereocenters. The zero-order chi connectivity index (χ0) is 24.6. The van der Waals surface area contributed by atoms with Crippen LogP contribution in [0.25, 0.3) is 0 Å². The first-order valence-electron chi connectivity index (χ1n) is 9.54. The SMILES string of the molecule is O=C(Nc1cc(C(F)(F)F)cc(C(F)(F)F)c1)[C@@H]1CCCN(S(=O)(=O)c2ccc(Br)cc2)C1. The van der Waals surface area contributed by atoms with Crippen LogP contribution in [0.5, 0.6) is 0 Å². The summed E-state index contributed by atoms with van der Waals surface area (Å²) < 4.78 is 106. The van der Waals surface area contributed by atoms with Gasteiger partial charge in [-0.1, -0.05) is 15.9 Å². The Morgan fingerprint density at radius 2 is 1.52 bits per heavy atom. The summed E-state index contributed by atoms with van der Waals surface area (Å²) in [7, 11) is -3.94. The molecular weight excluding hydrogens is 542 g/mol. The Morgan fingerprint density at radius 1 is 0.970 bits per heavy atom. The lowest BCUT2D eigenvalue weighted by Gasteiger charge is -2.31. The second-order valence-corrected chi connectivity index (χ2v) is 10.3. The molecule has 1 fully saturated rings. The van der Waals surface area contributed by atoms with Crippen LogP contribution in [0, 0.1) is 5.92 Å². The summed E-state index contributed by atoms with van der Waals surface area (Å²) in [6.45, 7) is -0.126. The number of nitrogens with one attached hydrogen (secondary N) is 1. The van der Waals surface area contributed by atoms with Crippen LogP contribution in [0.1, 0.15) is 24.0 Å². The molecule has 1 aliphatic heterocycles. The average molecular weight is 559 g/mol. The number of piperidine rings is 1. The Hall–Kier alpha value is -2.12. The fraction of sp³-hybridized carbons (Fsp3) is 0.350. The van der Waals surface area contributed by atoms with Crippen molar-refractivity contribution in [2.75, 3.05) is 18.4 Å². The molecule has 0 aliphatic carbocycles. The summed E-state index contributed by atoms with van der Waals surface area (Å²) in [6, 6.07) is 6.61. The molecular formula is C20H17BrF6N2O3S. The van der Waals surface area contributed by atoms with Gasteiger partial charge in [0.15, 0.2) is 0 Å². The first-order valence-corrected chi connectivity index (χ1v) is 11.8. The van der Waals surface area contributed by atoms with E-state index < -0.39 is 51.0 Å². The number of carbonyl (C=O) groups excluding carboxylic acids is 1. The van der Waals surface area contributed by atoms with Crippen molar-refractivity contribution in [1.82, 2.24) is 4.31 Å². The number of alkyl halides is 6. The largest absolute Gasteiger partial charge is 0.416 e. The zero-order valence-corrected chi connectivity index (χ0v) is 19.1. The van der Waals surface area contributed by atoms with Gasteiger partial charge in [0.25, 0.3) is 0 Å². The number of anilines is 1. The van der Waals surface area contributed by atoms with E-state index in [0.29, 0.717) is 23.0 Å². The molecule has 2 aromatic rings. The molecule has 0 unspecified atom stereocenters. The molecule has 3 rings (SSSR count). The van der Waals surface area contributed by atoms with Crippen molar-refractivity contribution in [1.29, 1.82) is 0 Å². The van der Waals surface area contributed by atoms with E-state index in [1.807, 2.05) is 0 Å². The number of nitrogens with zero attached hydrogens (tertiary/aromatic N) is 1. The molecule has 1 amide bonds. The number of carbonyl (C=O) groups is 1. The summed E-state index contributed by atoms with van der Waals surface area (Å²) in [5, 5.41) is 2.09. The number of amides is 1. The van der Waals surface area contributed by atoms with E-state index >= 15 is 0 Å². The van der Waals surface area contributed by atoms with Gasteiger partial charge in [0.05, 0.1) is 21.9 Å². The van der Waals surface area contributed by atoms with Gasteiger partial charge in [0.2, 0.25) is 15.9 Å². The molecule has 0 saturated carbocycles.